The Morgan fingerprint density at radius 1 is 0.862 bits per heavy atom. The highest BCUT2D eigenvalue weighted by molar-refractivity contribution is 5.70. The second-order valence-electron chi connectivity index (χ2n) is 7.70. The van der Waals surface area contributed by atoms with E-state index in [1.165, 1.54) is 96.4 Å². The molecule has 29 heavy (non-hydrogen) atoms. The number of halogens is 3. The maximum Gasteiger partial charge on any atom is 0.430 e. The first kappa shape index (κ1) is 27.5. The smallest absolute Gasteiger partial charge is 0.430 e. The lowest BCUT2D eigenvalue weighted by Gasteiger charge is -2.03. The lowest BCUT2D eigenvalue weighted by atomic mass is 10.0. The molecule has 1 aromatic rings. The fraction of sp³-hybridized carbons (Fsp3) is 0.818. The number of nitrogens with zero attached hydrogens (tertiary/aromatic N) is 2. The van der Waals surface area contributed by atoms with Crippen LogP contribution in [0.3, 0.4) is 0 Å². The molecule has 0 fully saturated rings. The number of aromatic nitrogens is 2. The zero-order valence-electron chi connectivity index (χ0n) is 18.2. The molecule has 0 aliphatic rings. The molecule has 0 bridgehead atoms. The monoisotopic (exact) mass is 420 g/mol. The van der Waals surface area contributed by atoms with E-state index in [2.05, 4.69) is 41.8 Å². The van der Waals surface area contributed by atoms with Gasteiger partial charge < -0.3 is 9.90 Å². The summed E-state index contributed by atoms with van der Waals surface area (Å²) in [6.45, 7) is 3.47. The van der Waals surface area contributed by atoms with Crippen molar-refractivity contribution in [1.82, 2.24) is 4.57 Å². The number of carbonyl (C=O) groups is 1. The summed E-state index contributed by atoms with van der Waals surface area (Å²) in [6.07, 6.45) is 21.3. The zero-order chi connectivity index (χ0) is 22.0. The molecule has 1 aromatic heterocycles. The highest BCUT2D eigenvalue weighted by Gasteiger charge is 2.28. The number of aryl methyl sites for hydroxylation is 2. The van der Waals surface area contributed by atoms with Crippen molar-refractivity contribution in [2.24, 2.45) is 7.05 Å². The van der Waals surface area contributed by atoms with E-state index in [0.717, 1.165) is 0 Å². The topological polar surface area (TPSA) is 48.9 Å². The molecular weight excluding hydrogens is 381 g/mol. The summed E-state index contributed by atoms with van der Waals surface area (Å²) in [4.78, 5) is 8.78. The molecule has 7 heteroatoms. The van der Waals surface area contributed by atoms with Crippen LogP contribution in [-0.2, 0) is 18.4 Å². The fourth-order valence-corrected chi connectivity index (χ4v) is 3.12. The summed E-state index contributed by atoms with van der Waals surface area (Å²) in [5.74, 6) is -3.01. The van der Waals surface area contributed by atoms with Gasteiger partial charge in [-0.1, -0.05) is 84.0 Å². The molecule has 0 amide bonds. The van der Waals surface area contributed by atoms with E-state index in [9.17, 15) is 13.2 Å². The number of hydrogen-bond donors (Lipinski definition) is 0. The first-order valence-corrected chi connectivity index (χ1v) is 11.1. The molecule has 1 rings (SSSR count). The Bertz CT molecular complexity index is 516. The molecule has 0 aliphatic heterocycles. The Labute approximate surface area is 174 Å². The van der Waals surface area contributed by atoms with Crippen molar-refractivity contribution >= 4 is 5.97 Å². The van der Waals surface area contributed by atoms with Crippen molar-refractivity contribution in [3.8, 4) is 0 Å². The molecule has 4 nitrogen and oxygen atoms in total. The SMILES string of the molecule is CCCCCCCCCCCCCCCCn1cc[n+](C)c1.O=C([O-])C(F)(F)F. The molecule has 0 N–H and O–H groups in total. The summed E-state index contributed by atoms with van der Waals surface area (Å²) in [6, 6.07) is 0. The van der Waals surface area contributed by atoms with Gasteiger partial charge >= 0.3 is 6.18 Å². The van der Waals surface area contributed by atoms with Gasteiger partial charge in [0.05, 0.1) is 13.6 Å². The van der Waals surface area contributed by atoms with Gasteiger partial charge in [-0.3, -0.25) is 0 Å². The molecule has 0 saturated heterocycles. The number of unbranched alkanes of at least 4 members (excludes halogenated alkanes) is 13. The van der Waals surface area contributed by atoms with Gasteiger partial charge in [-0.2, -0.15) is 13.2 Å². The van der Waals surface area contributed by atoms with E-state index in [1.54, 1.807) is 0 Å². The highest BCUT2D eigenvalue weighted by atomic mass is 19.4. The Kier molecular flexibility index (Phi) is 16.4. The number of rotatable bonds is 15. The fourth-order valence-electron chi connectivity index (χ4n) is 3.12. The van der Waals surface area contributed by atoms with Crippen molar-refractivity contribution in [2.75, 3.05) is 0 Å². The van der Waals surface area contributed by atoms with Crippen LogP contribution in [0.2, 0.25) is 0 Å². The van der Waals surface area contributed by atoms with Crippen molar-refractivity contribution in [3.05, 3.63) is 18.7 Å². The van der Waals surface area contributed by atoms with Crippen molar-refractivity contribution in [1.29, 1.82) is 0 Å². The van der Waals surface area contributed by atoms with Gasteiger partial charge in [-0.25, -0.2) is 9.13 Å². The molecule has 0 saturated carbocycles. The standard InChI is InChI=1S/C20H39N2.C2HF3O2/c1-3-4-5-6-7-8-9-10-11-12-13-14-15-16-17-22-19-18-21(2)20-22;3-2(4,5)1(6)7/h18-20H,3-17H2,1-2H3;(H,6,7)/q+1;/p-1. The minimum absolute atomic E-state index is 1.18. The maximum atomic E-state index is 10.5. The van der Waals surface area contributed by atoms with Crippen molar-refractivity contribution in [2.45, 2.75) is 110 Å². The quantitative estimate of drug-likeness (QED) is 0.293. The van der Waals surface area contributed by atoms with E-state index in [0.29, 0.717) is 0 Å². The van der Waals surface area contributed by atoms with E-state index in [4.69, 9.17) is 9.90 Å². The number of alkyl halides is 3. The largest absolute Gasteiger partial charge is 0.542 e. The Morgan fingerprint density at radius 2 is 1.24 bits per heavy atom. The Morgan fingerprint density at radius 3 is 1.55 bits per heavy atom. The van der Waals surface area contributed by atoms with Crippen LogP contribution in [0, 0.1) is 0 Å². The van der Waals surface area contributed by atoms with Gasteiger partial charge in [0.1, 0.15) is 18.4 Å². The molecule has 0 unspecified atom stereocenters. The van der Waals surface area contributed by atoms with Crippen LogP contribution in [0.5, 0.6) is 0 Å². The average molecular weight is 421 g/mol. The van der Waals surface area contributed by atoms with E-state index >= 15 is 0 Å². The number of carbonyl (C=O) groups excluding carboxylic acids is 1. The van der Waals surface area contributed by atoms with Crippen LogP contribution in [0.25, 0.3) is 0 Å². The molecule has 0 aromatic carbocycles. The maximum absolute atomic E-state index is 10.5. The van der Waals surface area contributed by atoms with Crippen LogP contribution < -0.4 is 9.67 Å². The van der Waals surface area contributed by atoms with Gasteiger partial charge in [0, 0.05) is 0 Å². The molecule has 0 spiro atoms. The first-order valence-electron chi connectivity index (χ1n) is 11.1. The average Bonchev–Trinajstić information content (AvgIpc) is 3.07. The van der Waals surface area contributed by atoms with E-state index in [1.807, 2.05) is 0 Å². The number of aliphatic carboxylic acids is 1. The Balaban J connectivity index is 0.000000956. The number of hydrogen-bond acceptors (Lipinski definition) is 2. The van der Waals surface area contributed by atoms with E-state index in [-0.39, 0.29) is 0 Å². The third kappa shape index (κ3) is 18.2. The predicted octanol–water partition coefficient (Wildman–Crippen LogP) is 5.09. The molecule has 170 valence electrons. The lowest BCUT2D eigenvalue weighted by Crippen LogP contribution is -2.37. The lowest BCUT2D eigenvalue weighted by molar-refractivity contribution is -0.671. The number of carboxylic acids is 1. The van der Waals surface area contributed by atoms with Crippen LogP contribution in [0.4, 0.5) is 13.2 Å². The van der Waals surface area contributed by atoms with Crippen LogP contribution in [-0.4, -0.2) is 16.7 Å². The first-order chi connectivity index (χ1) is 13.8. The summed E-state index contributed by atoms with van der Waals surface area (Å²) in [5, 5.41) is 8.78. The third-order valence-electron chi connectivity index (χ3n) is 4.83. The summed E-state index contributed by atoms with van der Waals surface area (Å²) < 4.78 is 36.0. The summed E-state index contributed by atoms with van der Waals surface area (Å²) >= 11 is 0. The summed E-state index contributed by atoms with van der Waals surface area (Å²) in [5.41, 5.74) is 0. The van der Waals surface area contributed by atoms with Crippen LogP contribution in [0.15, 0.2) is 18.7 Å². The van der Waals surface area contributed by atoms with Gasteiger partial charge in [0.25, 0.3) is 0 Å². The summed E-state index contributed by atoms with van der Waals surface area (Å²) in [7, 11) is 2.09. The van der Waals surface area contributed by atoms with Gasteiger partial charge in [0.2, 0.25) is 6.33 Å². The van der Waals surface area contributed by atoms with Crippen LogP contribution in [0.1, 0.15) is 96.8 Å². The minimum Gasteiger partial charge on any atom is -0.542 e. The van der Waals surface area contributed by atoms with Gasteiger partial charge in [-0.05, 0) is 12.8 Å². The normalized spacial score (nSPS) is 11.2. The zero-order valence-corrected chi connectivity index (χ0v) is 18.2. The number of carboxylic acid groups (broad SMARTS) is 1. The second-order valence-corrected chi connectivity index (χ2v) is 7.70. The molecule has 0 atom stereocenters. The molecule has 0 aliphatic carbocycles. The molecular formula is C22H39F3N2O2. The van der Waals surface area contributed by atoms with Crippen LogP contribution >= 0.6 is 0 Å². The highest BCUT2D eigenvalue weighted by Crippen LogP contribution is 2.13. The van der Waals surface area contributed by atoms with E-state index < -0.39 is 12.1 Å². The number of imidazole rings is 1. The van der Waals surface area contributed by atoms with Gasteiger partial charge in [0.15, 0.2) is 0 Å². The third-order valence-corrected chi connectivity index (χ3v) is 4.83. The van der Waals surface area contributed by atoms with Gasteiger partial charge in [-0.15, -0.1) is 0 Å². The Hall–Kier alpha value is -1.53. The molecule has 0 radical (unpaired) electrons. The second kappa shape index (κ2) is 17.3. The predicted molar refractivity (Wildman–Crippen MR) is 107 cm³/mol. The van der Waals surface area contributed by atoms with Crippen molar-refractivity contribution in [3.63, 3.8) is 0 Å². The minimum atomic E-state index is -5.19. The van der Waals surface area contributed by atoms with Crippen molar-refractivity contribution < 1.29 is 27.6 Å². The molecule has 1 heterocycles.